The minimum absolute atomic E-state index is 0.0587. The zero-order chi connectivity index (χ0) is 18.4. The van der Waals surface area contributed by atoms with Gasteiger partial charge in [-0.05, 0) is 42.3 Å². The first-order chi connectivity index (χ1) is 12.6. The van der Waals surface area contributed by atoms with Crippen LogP contribution in [0.3, 0.4) is 0 Å². The largest absolute Gasteiger partial charge is 0.484 e. The third-order valence-corrected chi connectivity index (χ3v) is 4.28. The monoisotopic (exact) mass is 365 g/mol. The van der Waals surface area contributed by atoms with Crippen LogP contribution >= 0.6 is 11.6 Å². The molecule has 0 aliphatic rings. The predicted octanol–water partition coefficient (Wildman–Crippen LogP) is 4.93. The highest BCUT2D eigenvalue weighted by Gasteiger charge is 2.17. The lowest BCUT2D eigenvalue weighted by molar-refractivity contribution is -0.123. The Labute approximate surface area is 158 Å². The standard InChI is InChI=1S/C22H20ClNO2/c1-16-7-9-18(10-8-16)22(17-5-3-2-4-6-17)24-21(25)15-26-20-13-11-19(23)12-14-20/h2-14,22H,15H2,1H3,(H,24,25). The molecule has 4 heteroatoms. The molecule has 0 radical (unpaired) electrons. The number of hydrogen-bond acceptors (Lipinski definition) is 2. The molecule has 3 aromatic rings. The molecule has 0 fully saturated rings. The van der Waals surface area contributed by atoms with Gasteiger partial charge in [-0.1, -0.05) is 71.8 Å². The van der Waals surface area contributed by atoms with Crippen molar-refractivity contribution in [1.82, 2.24) is 5.32 Å². The normalized spacial score (nSPS) is 11.6. The summed E-state index contributed by atoms with van der Waals surface area (Å²) in [7, 11) is 0. The molecular weight excluding hydrogens is 346 g/mol. The first-order valence-electron chi connectivity index (χ1n) is 8.41. The molecule has 3 aromatic carbocycles. The van der Waals surface area contributed by atoms with E-state index in [0.717, 1.165) is 11.1 Å². The second-order valence-electron chi connectivity index (χ2n) is 6.06. The van der Waals surface area contributed by atoms with Crippen molar-refractivity contribution >= 4 is 17.5 Å². The SMILES string of the molecule is Cc1ccc(C(NC(=O)COc2ccc(Cl)cc2)c2ccccc2)cc1. The van der Waals surface area contributed by atoms with Crippen molar-refractivity contribution in [2.75, 3.05) is 6.61 Å². The van der Waals surface area contributed by atoms with Gasteiger partial charge < -0.3 is 10.1 Å². The summed E-state index contributed by atoms with van der Waals surface area (Å²) in [6, 6.07) is 24.8. The number of amides is 1. The molecule has 3 nitrogen and oxygen atoms in total. The van der Waals surface area contributed by atoms with Gasteiger partial charge in [-0.25, -0.2) is 0 Å². The average Bonchev–Trinajstić information content (AvgIpc) is 2.67. The Bertz CT molecular complexity index is 846. The molecule has 1 amide bonds. The number of benzene rings is 3. The molecule has 3 rings (SSSR count). The van der Waals surface area contributed by atoms with E-state index in [-0.39, 0.29) is 18.6 Å². The Balaban J connectivity index is 1.71. The minimum atomic E-state index is -0.224. The van der Waals surface area contributed by atoms with E-state index in [4.69, 9.17) is 16.3 Å². The van der Waals surface area contributed by atoms with Crippen LogP contribution in [-0.2, 0) is 4.79 Å². The van der Waals surface area contributed by atoms with E-state index in [1.165, 1.54) is 5.56 Å². The molecule has 1 N–H and O–H groups in total. The first-order valence-corrected chi connectivity index (χ1v) is 8.79. The van der Waals surface area contributed by atoms with Crippen molar-refractivity contribution in [2.45, 2.75) is 13.0 Å². The molecule has 0 saturated heterocycles. The van der Waals surface area contributed by atoms with Crippen LogP contribution in [0.2, 0.25) is 5.02 Å². The summed E-state index contributed by atoms with van der Waals surface area (Å²) in [6.07, 6.45) is 0. The second kappa shape index (κ2) is 8.54. The Morgan fingerprint density at radius 1 is 0.923 bits per heavy atom. The molecule has 1 atom stereocenters. The van der Waals surface area contributed by atoms with Crippen LogP contribution in [0.25, 0.3) is 0 Å². The number of ether oxygens (including phenoxy) is 1. The molecule has 132 valence electrons. The van der Waals surface area contributed by atoms with Crippen LogP contribution < -0.4 is 10.1 Å². The van der Waals surface area contributed by atoms with Crippen molar-refractivity contribution in [1.29, 1.82) is 0 Å². The molecule has 0 saturated carbocycles. The van der Waals surface area contributed by atoms with Crippen LogP contribution in [0, 0.1) is 6.92 Å². The average molecular weight is 366 g/mol. The summed E-state index contributed by atoms with van der Waals surface area (Å²) < 4.78 is 5.54. The summed E-state index contributed by atoms with van der Waals surface area (Å²) in [5.74, 6) is 0.422. The third kappa shape index (κ3) is 4.87. The fourth-order valence-electron chi connectivity index (χ4n) is 2.65. The van der Waals surface area contributed by atoms with Crippen LogP contribution in [0.4, 0.5) is 0 Å². The Morgan fingerprint density at radius 3 is 2.19 bits per heavy atom. The summed E-state index contributed by atoms with van der Waals surface area (Å²) in [5, 5.41) is 3.69. The summed E-state index contributed by atoms with van der Waals surface area (Å²) >= 11 is 5.86. The number of nitrogens with one attached hydrogen (secondary N) is 1. The van der Waals surface area contributed by atoms with Gasteiger partial charge in [0.1, 0.15) is 5.75 Å². The van der Waals surface area contributed by atoms with Gasteiger partial charge in [0.2, 0.25) is 0 Å². The van der Waals surface area contributed by atoms with Crippen LogP contribution in [-0.4, -0.2) is 12.5 Å². The molecule has 1 unspecified atom stereocenters. The van der Waals surface area contributed by atoms with Gasteiger partial charge in [0.25, 0.3) is 5.91 Å². The number of carbonyl (C=O) groups is 1. The highest BCUT2D eigenvalue weighted by atomic mass is 35.5. The molecule has 0 spiro atoms. The second-order valence-corrected chi connectivity index (χ2v) is 6.50. The molecule has 0 aliphatic heterocycles. The molecule has 0 aliphatic carbocycles. The molecular formula is C22H20ClNO2. The van der Waals surface area contributed by atoms with E-state index < -0.39 is 0 Å². The number of carbonyl (C=O) groups excluding carboxylic acids is 1. The van der Waals surface area contributed by atoms with Crippen molar-refractivity contribution in [3.8, 4) is 5.75 Å². The first kappa shape index (κ1) is 18.0. The summed E-state index contributed by atoms with van der Waals surface area (Å²) in [6.45, 7) is 1.98. The van der Waals surface area contributed by atoms with E-state index >= 15 is 0 Å². The quantitative estimate of drug-likeness (QED) is 0.672. The van der Waals surface area contributed by atoms with Crippen molar-refractivity contribution in [3.05, 3.63) is 101 Å². The molecule has 0 bridgehead atoms. The number of aryl methyl sites for hydroxylation is 1. The van der Waals surface area contributed by atoms with E-state index in [1.54, 1.807) is 24.3 Å². The Hall–Kier alpha value is -2.78. The lowest BCUT2D eigenvalue weighted by Crippen LogP contribution is -2.33. The third-order valence-electron chi connectivity index (χ3n) is 4.03. The van der Waals surface area contributed by atoms with Gasteiger partial charge >= 0.3 is 0 Å². The lowest BCUT2D eigenvalue weighted by atomic mass is 9.98. The molecule has 26 heavy (non-hydrogen) atoms. The Morgan fingerprint density at radius 2 is 1.54 bits per heavy atom. The molecule has 0 aromatic heterocycles. The summed E-state index contributed by atoms with van der Waals surface area (Å²) in [4.78, 5) is 12.4. The van der Waals surface area contributed by atoms with Gasteiger partial charge in [0.05, 0.1) is 6.04 Å². The van der Waals surface area contributed by atoms with Crippen molar-refractivity contribution in [3.63, 3.8) is 0 Å². The van der Waals surface area contributed by atoms with Gasteiger partial charge in [0, 0.05) is 5.02 Å². The highest BCUT2D eigenvalue weighted by molar-refractivity contribution is 6.30. The number of hydrogen-bond donors (Lipinski definition) is 1. The maximum atomic E-state index is 12.4. The lowest BCUT2D eigenvalue weighted by Gasteiger charge is -2.20. The van der Waals surface area contributed by atoms with Gasteiger partial charge in [-0.3, -0.25) is 4.79 Å². The zero-order valence-electron chi connectivity index (χ0n) is 14.5. The van der Waals surface area contributed by atoms with Gasteiger partial charge in [-0.15, -0.1) is 0 Å². The highest BCUT2D eigenvalue weighted by Crippen LogP contribution is 2.22. The van der Waals surface area contributed by atoms with E-state index in [9.17, 15) is 4.79 Å². The predicted molar refractivity (Wildman–Crippen MR) is 105 cm³/mol. The van der Waals surface area contributed by atoms with Crippen LogP contribution in [0.5, 0.6) is 5.75 Å². The van der Waals surface area contributed by atoms with Gasteiger partial charge in [-0.2, -0.15) is 0 Å². The number of halogens is 1. The topological polar surface area (TPSA) is 38.3 Å². The minimum Gasteiger partial charge on any atom is -0.484 e. The number of rotatable bonds is 6. The van der Waals surface area contributed by atoms with Crippen LogP contribution in [0.1, 0.15) is 22.7 Å². The van der Waals surface area contributed by atoms with E-state index in [0.29, 0.717) is 10.8 Å². The smallest absolute Gasteiger partial charge is 0.258 e. The van der Waals surface area contributed by atoms with Crippen molar-refractivity contribution in [2.24, 2.45) is 0 Å². The summed E-state index contributed by atoms with van der Waals surface area (Å²) in [5.41, 5.74) is 3.23. The maximum absolute atomic E-state index is 12.4. The Kier molecular flexibility index (Phi) is 5.92. The van der Waals surface area contributed by atoms with E-state index in [2.05, 4.69) is 5.32 Å². The fourth-order valence-corrected chi connectivity index (χ4v) is 2.77. The van der Waals surface area contributed by atoms with Crippen LogP contribution in [0.15, 0.2) is 78.9 Å². The van der Waals surface area contributed by atoms with E-state index in [1.807, 2.05) is 61.5 Å². The zero-order valence-corrected chi connectivity index (χ0v) is 15.2. The fraction of sp³-hybridized carbons (Fsp3) is 0.136. The van der Waals surface area contributed by atoms with Gasteiger partial charge in [0.15, 0.2) is 6.61 Å². The molecule has 0 heterocycles. The van der Waals surface area contributed by atoms with Crippen molar-refractivity contribution < 1.29 is 9.53 Å². The maximum Gasteiger partial charge on any atom is 0.258 e.